The second kappa shape index (κ2) is 5.88. The molecule has 1 N–H and O–H groups in total. The third-order valence-electron chi connectivity index (χ3n) is 3.41. The molecule has 1 aliphatic rings. The maximum Gasteiger partial charge on any atom is 0.264 e. The van der Waals surface area contributed by atoms with E-state index < -0.39 is 20.7 Å². The highest BCUT2D eigenvalue weighted by atomic mass is 32.2. The Hall–Kier alpha value is -2.22. The molecular weight excluding hydrogens is 307 g/mol. The highest BCUT2D eigenvalue weighted by Gasteiger charge is 2.19. The molecule has 0 spiro atoms. The molecule has 2 heterocycles. The van der Waals surface area contributed by atoms with Gasteiger partial charge in [-0.05, 0) is 25.0 Å². The molecular formula is C14H15FN4O2S. The molecule has 0 radical (unpaired) electrons. The lowest BCUT2D eigenvalue weighted by Gasteiger charge is -2.15. The molecule has 1 fully saturated rings. The molecule has 22 heavy (non-hydrogen) atoms. The van der Waals surface area contributed by atoms with E-state index in [9.17, 15) is 12.8 Å². The number of aromatic nitrogens is 2. The second-order valence-electron chi connectivity index (χ2n) is 5.00. The van der Waals surface area contributed by atoms with Crippen molar-refractivity contribution < 1.29 is 12.8 Å². The van der Waals surface area contributed by atoms with Crippen LogP contribution in [0.2, 0.25) is 0 Å². The summed E-state index contributed by atoms with van der Waals surface area (Å²) >= 11 is 0. The van der Waals surface area contributed by atoms with Crippen LogP contribution in [0.15, 0.2) is 41.6 Å². The van der Waals surface area contributed by atoms with Gasteiger partial charge in [-0.25, -0.2) is 22.8 Å². The first-order valence-electron chi connectivity index (χ1n) is 6.90. The third-order valence-corrected chi connectivity index (χ3v) is 4.82. The fourth-order valence-corrected chi connectivity index (χ4v) is 3.44. The zero-order valence-electron chi connectivity index (χ0n) is 11.7. The summed E-state index contributed by atoms with van der Waals surface area (Å²) in [7, 11) is -3.99. The van der Waals surface area contributed by atoms with Crippen molar-refractivity contribution in [1.29, 1.82) is 0 Å². The maximum atomic E-state index is 13.6. The number of benzene rings is 1. The van der Waals surface area contributed by atoms with Gasteiger partial charge in [0.2, 0.25) is 5.95 Å². The number of nitrogens with zero attached hydrogens (tertiary/aromatic N) is 3. The van der Waals surface area contributed by atoms with Crippen LogP contribution in [0.4, 0.5) is 16.0 Å². The van der Waals surface area contributed by atoms with Crippen LogP contribution in [0.25, 0.3) is 0 Å². The Kier molecular flexibility index (Phi) is 3.93. The van der Waals surface area contributed by atoms with Gasteiger partial charge < -0.3 is 4.90 Å². The molecule has 0 amide bonds. The Bertz CT molecular complexity index is 759. The summed E-state index contributed by atoms with van der Waals surface area (Å²) in [6.45, 7) is 1.81. The van der Waals surface area contributed by atoms with Crippen molar-refractivity contribution >= 4 is 21.7 Å². The minimum absolute atomic E-state index is 0.200. The van der Waals surface area contributed by atoms with Crippen LogP contribution in [0.1, 0.15) is 12.8 Å². The lowest BCUT2D eigenvalue weighted by Crippen LogP contribution is -2.20. The first kappa shape index (κ1) is 14.7. The molecule has 1 aromatic carbocycles. The van der Waals surface area contributed by atoms with Crippen molar-refractivity contribution in [2.75, 3.05) is 22.7 Å². The summed E-state index contributed by atoms with van der Waals surface area (Å²) in [6, 6.07) is 5.20. The van der Waals surface area contributed by atoms with E-state index in [-0.39, 0.29) is 5.69 Å². The van der Waals surface area contributed by atoms with Gasteiger partial charge in [-0.2, -0.15) is 0 Å². The van der Waals surface area contributed by atoms with Crippen LogP contribution in [0.5, 0.6) is 0 Å². The van der Waals surface area contributed by atoms with E-state index in [0.717, 1.165) is 32.0 Å². The van der Waals surface area contributed by atoms with Gasteiger partial charge in [-0.15, -0.1) is 0 Å². The minimum Gasteiger partial charge on any atom is -0.341 e. The van der Waals surface area contributed by atoms with Gasteiger partial charge in [0, 0.05) is 13.1 Å². The number of nitrogens with one attached hydrogen (secondary N) is 1. The Labute approximate surface area is 128 Å². The quantitative estimate of drug-likeness (QED) is 0.932. The summed E-state index contributed by atoms with van der Waals surface area (Å²) in [4.78, 5) is 9.94. The van der Waals surface area contributed by atoms with E-state index >= 15 is 0 Å². The van der Waals surface area contributed by atoms with Crippen molar-refractivity contribution in [2.45, 2.75) is 17.7 Å². The van der Waals surface area contributed by atoms with Gasteiger partial charge in [0.25, 0.3) is 10.0 Å². The van der Waals surface area contributed by atoms with Gasteiger partial charge in [-0.3, -0.25) is 4.72 Å². The van der Waals surface area contributed by atoms with Gasteiger partial charge in [0.15, 0.2) is 0 Å². The van der Waals surface area contributed by atoms with E-state index in [1.54, 1.807) is 0 Å². The average molecular weight is 322 g/mol. The fourth-order valence-electron chi connectivity index (χ4n) is 2.33. The van der Waals surface area contributed by atoms with E-state index in [0.29, 0.717) is 5.95 Å². The molecule has 116 valence electrons. The third kappa shape index (κ3) is 3.01. The molecule has 0 aliphatic carbocycles. The minimum atomic E-state index is -3.99. The van der Waals surface area contributed by atoms with Gasteiger partial charge in [0.05, 0.1) is 18.1 Å². The van der Waals surface area contributed by atoms with Gasteiger partial charge >= 0.3 is 0 Å². The van der Waals surface area contributed by atoms with E-state index in [2.05, 4.69) is 14.7 Å². The molecule has 0 unspecified atom stereocenters. The first-order chi connectivity index (χ1) is 10.6. The Morgan fingerprint density at radius 1 is 1.09 bits per heavy atom. The van der Waals surface area contributed by atoms with Gasteiger partial charge in [0.1, 0.15) is 10.7 Å². The fraction of sp³-hybridized carbons (Fsp3) is 0.286. The topological polar surface area (TPSA) is 75.2 Å². The first-order valence-corrected chi connectivity index (χ1v) is 8.39. The summed E-state index contributed by atoms with van der Waals surface area (Å²) < 4.78 is 40.2. The molecule has 0 atom stereocenters. The van der Waals surface area contributed by atoms with Crippen molar-refractivity contribution in [3.8, 4) is 0 Å². The molecule has 0 saturated carbocycles. The van der Waals surface area contributed by atoms with E-state index in [4.69, 9.17) is 0 Å². The van der Waals surface area contributed by atoms with Crippen LogP contribution in [-0.2, 0) is 10.0 Å². The summed E-state index contributed by atoms with van der Waals surface area (Å²) in [6.07, 6.45) is 4.98. The van der Waals surface area contributed by atoms with E-state index in [1.807, 2.05) is 4.90 Å². The molecule has 8 heteroatoms. The molecule has 1 aromatic heterocycles. The second-order valence-corrected chi connectivity index (χ2v) is 6.65. The molecule has 0 bridgehead atoms. The average Bonchev–Trinajstić information content (AvgIpc) is 3.02. The highest BCUT2D eigenvalue weighted by Crippen LogP contribution is 2.20. The highest BCUT2D eigenvalue weighted by molar-refractivity contribution is 7.92. The molecule has 6 nitrogen and oxygen atoms in total. The van der Waals surface area contributed by atoms with Crippen molar-refractivity contribution in [2.24, 2.45) is 0 Å². The normalized spacial score (nSPS) is 15.0. The molecule has 2 aromatic rings. The van der Waals surface area contributed by atoms with Crippen molar-refractivity contribution in [3.05, 3.63) is 42.5 Å². The number of hydrogen-bond acceptors (Lipinski definition) is 5. The number of hydrogen-bond donors (Lipinski definition) is 1. The predicted octanol–water partition coefficient (Wildman–Crippen LogP) is 2.02. The molecule has 3 rings (SSSR count). The standard InChI is InChI=1S/C14H15FN4O2S/c15-12-5-1-2-6-13(12)22(20,21)18-11-9-16-14(17-10-11)19-7-3-4-8-19/h1-2,5-6,9-10,18H,3-4,7-8H2. The number of anilines is 2. The molecule has 1 aliphatic heterocycles. The Balaban J connectivity index is 1.79. The van der Waals surface area contributed by atoms with Crippen LogP contribution < -0.4 is 9.62 Å². The summed E-state index contributed by atoms with van der Waals surface area (Å²) in [5.74, 6) is -0.226. The molecule has 1 saturated heterocycles. The summed E-state index contributed by atoms with van der Waals surface area (Å²) in [5, 5.41) is 0. The SMILES string of the molecule is O=S(=O)(Nc1cnc(N2CCCC2)nc1)c1ccccc1F. The largest absolute Gasteiger partial charge is 0.341 e. The van der Waals surface area contributed by atoms with Crippen molar-refractivity contribution in [1.82, 2.24) is 9.97 Å². The Morgan fingerprint density at radius 2 is 1.73 bits per heavy atom. The van der Waals surface area contributed by atoms with Crippen LogP contribution >= 0.6 is 0 Å². The zero-order chi connectivity index (χ0) is 15.6. The van der Waals surface area contributed by atoms with Gasteiger partial charge in [-0.1, -0.05) is 12.1 Å². The van der Waals surface area contributed by atoms with Crippen LogP contribution in [0, 0.1) is 5.82 Å². The zero-order valence-corrected chi connectivity index (χ0v) is 12.6. The number of halogens is 1. The van der Waals surface area contributed by atoms with Crippen LogP contribution in [-0.4, -0.2) is 31.5 Å². The van der Waals surface area contributed by atoms with E-state index in [1.165, 1.54) is 30.6 Å². The van der Waals surface area contributed by atoms with Crippen molar-refractivity contribution in [3.63, 3.8) is 0 Å². The predicted molar refractivity (Wildman–Crippen MR) is 80.7 cm³/mol. The monoisotopic (exact) mass is 322 g/mol. The summed E-state index contributed by atoms with van der Waals surface area (Å²) in [5.41, 5.74) is 0.200. The lowest BCUT2D eigenvalue weighted by atomic mass is 10.4. The number of rotatable bonds is 4. The van der Waals surface area contributed by atoms with Crippen LogP contribution in [0.3, 0.4) is 0 Å². The maximum absolute atomic E-state index is 13.6. The number of sulfonamides is 1. The Morgan fingerprint density at radius 3 is 2.36 bits per heavy atom. The smallest absolute Gasteiger partial charge is 0.264 e. The lowest BCUT2D eigenvalue weighted by molar-refractivity contribution is 0.570.